The van der Waals surface area contributed by atoms with E-state index in [1.807, 2.05) is 18.3 Å². The third kappa shape index (κ3) is 8.79. The number of nitrogens with zero attached hydrogens (tertiary/aromatic N) is 4. The Hall–Kier alpha value is -8.11. The van der Waals surface area contributed by atoms with E-state index in [0.717, 1.165) is 66.4 Å². The molecule has 0 radical (unpaired) electrons. The summed E-state index contributed by atoms with van der Waals surface area (Å²) in [7, 11) is 0. The Morgan fingerprint density at radius 1 is 0.436 bits per heavy atom. The summed E-state index contributed by atoms with van der Waals surface area (Å²) in [6.07, 6.45) is 1.92. The molecule has 0 spiro atoms. The quantitative estimate of drug-likeness (QED) is 0.156. The summed E-state index contributed by atoms with van der Waals surface area (Å²) in [4.78, 5) is 7.25. The Labute approximate surface area is 472 Å². The SMILES string of the molecule is CC(C)(C)c1cc(-c2cccc3c4ccccc4c4ccccc4c4cccc5c4n(c23)[CH-]N5c2[c-]c(Oc3[c-]c4c(cc3)c3cc(-c5ccccc5)ccc3n4-c3cc(C(C)(C)C)ccn3)ccc2)cc(C(C)(C)C)c1.[Pt]. The molecule has 388 valence electrons. The molecule has 0 atom stereocenters. The molecule has 3 aromatic heterocycles. The van der Waals surface area contributed by atoms with E-state index >= 15 is 0 Å². The van der Waals surface area contributed by atoms with E-state index < -0.39 is 0 Å². The Kier molecular flexibility index (Phi) is 12.4. The molecule has 0 N–H and O–H groups in total. The van der Waals surface area contributed by atoms with E-state index in [9.17, 15) is 0 Å². The van der Waals surface area contributed by atoms with Crippen LogP contribution in [0.2, 0.25) is 0 Å². The number of ether oxygens (including phenoxy) is 1. The first-order valence-electron chi connectivity index (χ1n) is 26.8. The van der Waals surface area contributed by atoms with Crippen molar-refractivity contribution in [3.8, 4) is 39.6 Å². The zero-order valence-electron chi connectivity index (χ0n) is 45.6. The van der Waals surface area contributed by atoms with E-state index in [4.69, 9.17) is 9.72 Å². The largest absolute Gasteiger partial charge is 0.509 e. The number of rotatable bonds is 6. The van der Waals surface area contributed by atoms with Crippen molar-refractivity contribution in [3.63, 3.8) is 0 Å². The zero-order valence-corrected chi connectivity index (χ0v) is 47.9. The molecule has 0 bridgehead atoms. The number of hydrogen-bond acceptors (Lipinski definition) is 3. The summed E-state index contributed by atoms with van der Waals surface area (Å²) in [6.45, 7) is 22.9. The molecule has 12 aromatic rings. The maximum absolute atomic E-state index is 6.88. The molecule has 1 aliphatic rings. The Balaban J connectivity index is 0.00000609. The van der Waals surface area contributed by atoms with Crippen molar-refractivity contribution in [2.75, 3.05) is 4.90 Å². The molecule has 13 rings (SSSR count). The molecular formula is C72H61N4OPt-3. The van der Waals surface area contributed by atoms with E-state index in [-0.39, 0.29) is 37.3 Å². The van der Waals surface area contributed by atoms with Gasteiger partial charge < -0.3 is 18.8 Å². The smallest absolute Gasteiger partial charge is 0.135 e. The van der Waals surface area contributed by atoms with Gasteiger partial charge in [0.05, 0.1) is 0 Å². The van der Waals surface area contributed by atoms with Gasteiger partial charge in [-0.05, 0) is 135 Å². The minimum Gasteiger partial charge on any atom is -0.509 e. The molecule has 4 heterocycles. The molecule has 0 saturated carbocycles. The van der Waals surface area contributed by atoms with Gasteiger partial charge in [-0.15, -0.1) is 35.7 Å². The van der Waals surface area contributed by atoms with Crippen LogP contribution in [0.15, 0.2) is 200 Å². The third-order valence-electron chi connectivity index (χ3n) is 15.6. The van der Waals surface area contributed by atoms with Crippen LogP contribution in [0.1, 0.15) is 79.0 Å². The van der Waals surface area contributed by atoms with Crippen molar-refractivity contribution < 1.29 is 25.8 Å². The molecule has 5 nitrogen and oxygen atoms in total. The summed E-state index contributed by atoms with van der Waals surface area (Å²) in [6, 6.07) is 78.0. The Bertz CT molecular complexity index is 4380. The minimum absolute atomic E-state index is 0. The van der Waals surface area contributed by atoms with Crippen LogP contribution in [0.25, 0.3) is 93.2 Å². The second-order valence-corrected chi connectivity index (χ2v) is 23.8. The third-order valence-corrected chi connectivity index (χ3v) is 15.6. The molecule has 9 aromatic carbocycles. The van der Waals surface area contributed by atoms with Crippen LogP contribution in [0.5, 0.6) is 11.5 Å². The van der Waals surface area contributed by atoms with Gasteiger partial charge in [-0.25, -0.2) is 4.98 Å². The normalized spacial score (nSPS) is 12.7. The first kappa shape index (κ1) is 50.7. The van der Waals surface area contributed by atoms with Crippen LogP contribution < -0.4 is 9.64 Å². The first-order chi connectivity index (χ1) is 37.1. The van der Waals surface area contributed by atoms with Crippen LogP contribution in [0.3, 0.4) is 0 Å². The van der Waals surface area contributed by atoms with Gasteiger partial charge in [0.2, 0.25) is 0 Å². The maximum atomic E-state index is 6.88. The van der Waals surface area contributed by atoms with Crippen molar-refractivity contribution in [3.05, 3.63) is 236 Å². The second-order valence-electron chi connectivity index (χ2n) is 23.8. The monoisotopic (exact) mass is 1190 g/mol. The number of anilines is 2. The van der Waals surface area contributed by atoms with Gasteiger partial charge in [-0.2, -0.15) is 12.1 Å². The van der Waals surface area contributed by atoms with Gasteiger partial charge in [-0.1, -0.05) is 213 Å². The van der Waals surface area contributed by atoms with Crippen molar-refractivity contribution in [2.45, 2.75) is 78.6 Å². The number of aromatic nitrogens is 3. The first-order valence-corrected chi connectivity index (χ1v) is 26.8. The van der Waals surface area contributed by atoms with Crippen LogP contribution in [0.4, 0.5) is 11.4 Å². The van der Waals surface area contributed by atoms with E-state index in [0.29, 0.717) is 11.5 Å². The number of fused-ring (bicyclic) bond motifs is 10. The summed E-state index contributed by atoms with van der Waals surface area (Å²) in [5, 5.41) is 9.27. The molecule has 0 fully saturated rings. The number of para-hydroxylation sites is 2. The minimum atomic E-state index is -0.0626. The average Bonchev–Trinajstić information content (AvgIpc) is 4.20. The van der Waals surface area contributed by atoms with Crippen LogP contribution in [0, 0.1) is 18.8 Å². The predicted octanol–water partition coefficient (Wildman–Crippen LogP) is 19.5. The second kappa shape index (κ2) is 19.1. The van der Waals surface area contributed by atoms with Crippen molar-refractivity contribution in [1.29, 1.82) is 0 Å². The summed E-state index contributed by atoms with van der Waals surface area (Å²) in [5.41, 5.74) is 14.4. The van der Waals surface area contributed by atoms with Gasteiger partial charge in [0.1, 0.15) is 5.82 Å². The maximum Gasteiger partial charge on any atom is 0.135 e. The van der Waals surface area contributed by atoms with Gasteiger partial charge in [-0.3, -0.25) is 0 Å². The Morgan fingerprint density at radius 3 is 1.69 bits per heavy atom. The van der Waals surface area contributed by atoms with Crippen molar-refractivity contribution in [2.24, 2.45) is 0 Å². The van der Waals surface area contributed by atoms with Gasteiger partial charge in [0.15, 0.2) is 0 Å². The van der Waals surface area contributed by atoms with E-state index in [1.165, 1.54) is 54.9 Å². The van der Waals surface area contributed by atoms with Crippen molar-refractivity contribution in [1.82, 2.24) is 14.1 Å². The molecule has 6 heteroatoms. The average molecular weight is 1190 g/mol. The fourth-order valence-electron chi connectivity index (χ4n) is 11.4. The summed E-state index contributed by atoms with van der Waals surface area (Å²) in [5.74, 6) is 2.01. The van der Waals surface area contributed by atoms with Crippen molar-refractivity contribution >= 4 is 76.5 Å². The summed E-state index contributed by atoms with van der Waals surface area (Å²) >= 11 is 0. The van der Waals surface area contributed by atoms with Gasteiger partial charge in [0.25, 0.3) is 0 Å². The number of hydrogen-bond donors (Lipinski definition) is 0. The van der Waals surface area contributed by atoms with E-state index in [2.05, 4.69) is 277 Å². The number of benzene rings is 9. The predicted molar refractivity (Wildman–Crippen MR) is 324 cm³/mol. The molecule has 1 aliphatic heterocycles. The molecule has 0 saturated heterocycles. The molecule has 78 heavy (non-hydrogen) atoms. The van der Waals surface area contributed by atoms with E-state index in [1.54, 1.807) is 0 Å². The standard InChI is InChI=1S/C72H61N4O.Pt/c1-70(2,3)49-36-37-73-67(42-49)76-64-35-32-47(46-20-11-10-12-21-46)40-63(64)60-34-33-54(44-66(60)76)77-53-23-17-22-52(43-53)74-45-75-68-55(48-38-50(71(4,5)6)41-51(39-48)72(7,8)9)28-18-29-61(68)58-26-15-13-24-56(58)57-25-14-16-27-59(57)62-30-19-31-65(74)69(62)75;/h10-42,45H,1-9H3;/q-3;. The fourth-order valence-corrected chi connectivity index (χ4v) is 11.4. The number of pyridine rings is 1. The van der Waals surface area contributed by atoms with Crippen LogP contribution in [-0.4, -0.2) is 14.1 Å². The fraction of sp³-hybridized carbons (Fsp3) is 0.167. The van der Waals surface area contributed by atoms with Gasteiger partial charge >= 0.3 is 0 Å². The van der Waals surface area contributed by atoms with Crippen LogP contribution in [-0.2, 0) is 37.3 Å². The summed E-state index contributed by atoms with van der Waals surface area (Å²) < 4.78 is 11.5. The van der Waals surface area contributed by atoms with Crippen LogP contribution >= 0.6 is 0 Å². The zero-order chi connectivity index (χ0) is 53.0. The topological polar surface area (TPSA) is 35.2 Å². The molecular weight excluding hydrogens is 1130 g/mol. The Morgan fingerprint density at radius 2 is 1.03 bits per heavy atom. The molecule has 0 amide bonds. The molecule has 0 unspecified atom stereocenters. The molecule has 0 aliphatic carbocycles. The van der Waals surface area contributed by atoms with Gasteiger partial charge in [0, 0.05) is 50.0 Å².